The van der Waals surface area contributed by atoms with Crippen molar-refractivity contribution < 1.29 is 22.2 Å². The van der Waals surface area contributed by atoms with Gasteiger partial charge in [-0.3, -0.25) is 9.77 Å². The van der Waals surface area contributed by atoms with Gasteiger partial charge in [0.2, 0.25) is 5.52 Å². The summed E-state index contributed by atoms with van der Waals surface area (Å²) in [6.45, 7) is 15.0. The molecule has 2 aromatic rings. The molecule has 0 unspecified atom stereocenters. The van der Waals surface area contributed by atoms with E-state index in [0.717, 1.165) is 30.0 Å². The van der Waals surface area contributed by atoms with E-state index in [1.165, 1.54) is 56.0 Å². The maximum atomic E-state index is 9.47. The monoisotopic (exact) mass is 473 g/mol. The first kappa shape index (κ1) is 25.7. The van der Waals surface area contributed by atoms with E-state index in [9.17, 15) is 5.21 Å². The van der Waals surface area contributed by atoms with Crippen molar-refractivity contribution >= 4 is 17.0 Å². The number of anilines is 1. The lowest BCUT2D eigenvalue weighted by Gasteiger charge is -2.58. The van der Waals surface area contributed by atoms with Crippen LogP contribution in [0.3, 0.4) is 0 Å². The molecule has 0 aliphatic heterocycles. The van der Waals surface area contributed by atoms with Gasteiger partial charge in [0.1, 0.15) is 0 Å². The number of hydrogen-bond donors (Lipinski definition) is 2. The van der Waals surface area contributed by atoms with Crippen molar-refractivity contribution in [3.63, 3.8) is 0 Å². The zero-order chi connectivity index (χ0) is 23.1. The second-order valence-electron chi connectivity index (χ2n) is 11.1. The number of allylic oxidation sites excluding steroid dienone is 3. The molecule has 0 bridgehead atoms. The fourth-order valence-corrected chi connectivity index (χ4v) is 6.97. The van der Waals surface area contributed by atoms with E-state index in [4.69, 9.17) is 0 Å². The standard InChI is InChI=1S/C26H40N5O.ClH/c1-18(12-15-31-17-30(6)24-22(31)23(29-32)27-16-28-24)8-10-20-19(2)9-11-21-25(3,4)13-7-14-26(20,21)5;/h12,16-17,20-21,32H,2,7-11,13-15H2,1,3-6H3,(H,27,28,29);1H/q+1;/p-1/b18-12+;/t20-,21-,26+;/m1./s1. The zero-order valence-corrected chi connectivity index (χ0v) is 21.6. The van der Waals surface area contributed by atoms with Crippen LogP contribution in [0, 0.1) is 22.7 Å². The number of rotatable bonds is 6. The highest BCUT2D eigenvalue weighted by Crippen LogP contribution is 2.61. The minimum absolute atomic E-state index is 0. The van der Waals surface area contributed by atoms with Gasteiger partial charge in [0.25, 0.3) is 0 Å². The summed E-state index contributed by atoms with van der Waals surface area (Å²) in [6.07, 6.45) is 14.6. The summed E-state index contributed by atoms with van der Waals surface area (Å²) < 4.78 is 4.04. The summed E-state index contributed by atoms with van der Waals surface area (Å²) in [4.78, 5) is 8.50. The van der Waals surface area contributed by atoms with Crippen molar-refractivity contribution in [1.29, 1.82) is 0 Å². The van der Waals surface area contributed by atoms with Gasteiger partial charge in [0.15, 0.2) is 18.5 Å². The van der Waals surface area contributed by atoms with E-state index >= 15 is 0 Å². The average molecular weight is 474 g/mol. The third-order valence-electron chi connectivity index (χ3n) is 8.63. The van der Waals surface area contributed by atoms with Gasteiger partial charge in [0, 0.05) is 0 Å². The number of imidazole rings is 1. The highest BCUT2D eigenvalue weighted by atomic mass is 35.5. The molecule has 3 atom stereocenters. The number of aryl methyl sites for hydroxylation is 1. The Morgan fingerprint density at radius 3 is 2.82 bits per heavy atom. The van der Waals surface area contributed by atoms with Crippen LogP contribution in [-0.4, -0.2) is 19.7 Å². The molecule has 2 aliphatic carbocycles. The Morgan fingerprint density at radius 1 is 1.33 bits per heavy atom. The Bertz CT molecular complexity index is 1040. The Hall–Kier alpha value is -1.92. The van der Waals surface area contributed by atoms with Crippen LogP contribution in [0.15, 0.2) is 36.5 Å². The second kappa shape index (κ2) is 9.75. The summed E-state index contributed by atoms with van der Waals surface area (Å²) in [6, 6.07) is 0. The van der Waals surface area contributed by atoms with Gasteiger partial charge < -0.3 is 12.4 Å². The lowest BCUT2D eigenvalue weighted by molar-refractivity contribution is -0.647. The molecule has 33 heavy (non-hydrogen) atoms. The molecule has 7 heteroatoms. The highest BCUT2D eigenvalue weighted by Gasteiger charge is 2.52. The van der Waals surface area contributed by atoms with Crippen LogP contribution in [0.5, 0.6) is 0 Å². The van der Waals surface area contributed by atoms with E-state index in [0.29, 0.717) is 22.6 Å². The molecule has 2 saturated carbocycles. The molecule has 0 amide bonds. The molecule has 0 spiro atoms. The van der Waals surface area contributed by atoms with Crippen LogP contribution in [-0.2, 0) is 13.6 Å². The smallest absolute Gasteiger partial charge is 0.307 e. The number of nitrogens with one attached hydrogen (secondary N) is 1. The predicted octanol–water partition coefficient (Wildman–Crippen LogP) is 2.59. The van der Waals surface area contributed by atoms with E-state index in [1.54, 1.807) is 0 Å². The second-order valence-corrected chi connectivity index (χ2v) is 11.1. The molecule has 2 heterocycles. The molecule has 2 aliphatic rings. The molecule has 0 radical (unpaired) electrons. The lowest BCUT2D eigenvalue weighted by Crippen LogP contribution is -3.00. The lowest BCUT2D eigenvalue weighted by atomic mass is 9.47. The van der Waals surface area contributed by atoms with Gasteiger partial charge in [-0.25, -0.2) is 10.0 Å². The molecule has 2 aromatic heterocycles. The van der Waals surface area contributed by atoms with Crippen LogP contribution < -0.4 is 22.5 Å². The van der Waals surface area contributed by atoms with E-state index in [-0.39, 0.29) is 12.4 Å². The molecule has 4 rings (SSSR count). The summed E-state index contributed by atoms with van der Waals surface area (Å²) in [7, 11) is 1.96. The van der Waals surface area contributed by atoms with Crippen molar-refractivity contribution in [2.45, 2.75) is 79.2 Å². The fraction of sp³-hybridized carbons (Fsp3) is 0.654. The van der Waals surface area contributed by atoms with E-state index in [1.807, 2.05) is 17.9 Å². The molecular weight excluding hydrogens is 434 g/mol. The molecule has 2 N–H and O–H groups in total. The van der Waals surface area contributed by atoms with Gasteiger partial charge >= 0.3 is 5.65 Å². The van der Waals surface area contributed by atoms with Crippen LogP contribution in [0.2, 0.25) is 0 Å². The topological polar surface area (TPSA) is 66.9 Å². The van der Waals surface area contributed by atoms with Gasteiger partial charge in [-0.05, 0) is 68.1 Å². The first-order chi connectivity index (χ1) is 15.2. The summed E-state index contributed by atoms with van der Waals surface area (Å²) in [5, 5.41) is 9.47. The zero-order valence-electron chi connectivity index (χ0n) is 20.9. The SMILES string of the molecule is C=C1CC[C@@H]2C(C)(C)CCC[C@@]2(C)[C@@H]1CC/C(C)=C/Cn1c[n+](C)c2ncnc(NO)c21.[Cl-]. The number of hydrogen-bond acceptors (Lipinski definition) is 4. The Kier molecular flexibility index (Phi) is 7.59. The Balaban J connectivity index is 0.00000306. The molecule has 0 saturated heterocycles. The maximum absolute atomic E-state index is 9.47. The number of nitrogens with zero attached hydrogens (tertiary/aromatic N) is 4. The first-order valence-corrected chi connectivity index (χ1v) is 12.1. The molecule has 2 fully saturated rings. The van der Waals surface area contributed by atoms with Gasteiger partial charge in [0.05, 0.1) is 13.6 Å². The van der Waals surface area contributed by atoms with Gasteiger partial charge in [-0.2, -0.15) is 4.98 Å². The molecule has 0 aromatic carbocycles. The van der Waals surface area contributed by atoms with E-state index in [2.05, 4.69) is 60.4 Å². The van der Waals surface area contributed by atoms with Crippen LogP contribution in [0.25, 0.3) is 11.2 Å². The van der Waals surface area contributed by atoms with Gasteiger partial charge in [-0.15, -0.1) is 0 Å². The highest BCUT2D eigenvalue weighted by molar-refractivity contribution is 5.80. The number of halogens is 1. The third-order valence-corrected chi connectivity index (χ3v) is 8.63. The Labute approximate surface area is 204 Å². The summed E-state index contributed by atoms with van der Waals surface area (Å²) in [5.41, 5.74) is 7.52. The predicted molar refractivity (Wildman–Crippen MR) is 128 cm³/mol. The van der Waals surface area contributed by atoms with Crippen LogP contribution >= 0.6 is 0 Å². The minimum atomic E-state index is 0. The van der Waals surface area contributed by atoms with Crippen molar-refractivity contribution in [3.8, 4) is 0 Å². The summed E-state index contributed by atoms with van der Waals surface area (Å²) >= 11 is 0. The van der Waals surface area contributed by atoms with Crippen LogP contribution in [0.1, 0.15) is 72.6 Å². The van der Waals surface area contributed by atoms with Crippen LogP contribution in [0.4, 0.5) is 5.82 Å². The normalized spacial score (nSPS) is 27.2. The number of fused-ring (bicyclic) bond motifs is 2. The van der Waals surface area contributed by atoms with Crippen molar-refractivity contribution in [2.24, 2.45) is 29.7 Å². The molecule has 182 valence electrons. The summed E-state index contributed by atoms with van der Waals surface area (Å²) in [5.74, 6) is 1.85. The van der Waals surface area contributed by atoms with E-state index < -0.39 is 0 Å². The van der Waals surface area contributed by atoms with Crippen molar-refractivity contribution in [1.82, 2.24) is 14.5 Å². The molecular formula is C26H40ClN5O. The Morgan fingerprint density at radius 2 is 2.09 bits per heavy atom. The van der Waals surface area contributed by atoms with Crippen molar-refractivity contribution in [2.75, 3.05) is 5.48 Å². The molecule has 6 nitrogen and oxygen atoms in total. The largest absolute Gasteiger partial charge is 1.00 e. The number of aromatic nitrogens is 4. The quantitative estimate of drug-likeness (QED) is 0.384. The fourth-order valence-electron chi connectivity index (χ4n) is 6.97. The maximum Gasteiger partial charge on any atom is 0.307 e. The third kappa shape index (κ3) is 4.69. The first-order valence-electron chi connectivity index (χ1n) is 12.1. The minimum Gasteiger partial charge on any atom is -1.00 e. The van der Waals surface area contributed by atoms with Crippen molar-refractivity contribution in [3.05, 3.63) is 36.5 Å². The average Bonchev–Trinajstić information content (AvgIpc) is 3.07. The van der Waals surface area contributed by atoms with Gasteiger partial charge in [-0.1, -0.05) is 56.0 Å².